The van der Waals surface area contributed by atoms with Gasteiger partial charge >= 0.3 is 0 Å². The summed E-state index contributed by atoms with van der Waals surface area (Å²) in [5.74, 6) is 0.624. The number of benzene rings is 2. The fourth-order valence-electron chi connectivity index (χ4n) is 3.46. The highest BCUT2D eigenvalue weighted by Crippen LogP contribution is 2.31. The van der Waals surface area contributed by atoms with Crippen molar-refractivity contribution in [3.05, 3.63) is 77.6 Å². The van der Waals surface area contributed by atoms with Crippen LogP contribution in [0.15, 0.2) is 60.9 Å². The van der Waals surface area contributed by atoms with Crippen LogP contribution >= 0.6 is 0 Å². The SMILES string of the molecule is O=C1CC[C@@H](C(=O)NCc2cccc(-c3ncc[nH]3)c2)c2ccccc21. The molecule has 1 aliphatic carbocycles. The van der Waals surface area contributed by atoms with E-state index in [0.717, 1.165) is 22.5 Å². The molecule has 4 rings (SSSR count). The van der Waals surface area contributed by atoms with Crippen molar-refractivity contribution in [3.8, 4) is 11.4 Å². The van der Waals surface area contributed by atoms with Crippen LogP contribution in [0, 0.1) is 0 Å². The van der Waals surface area contributed by atoms with E-state index in [1.54, 1.807) is 12.4 Å². The number of carbonyl (C=O) groups is 2. The van der Waals surface area contributed by atoms with Crippen LogP contribution < -0.4 is 5.32 Å². The van der Waals surface area contributed by atoms with Crippen LogP contribution in [0.25, 0.3) is 11.4 Å². The monoisotopic (exact) mass is 345 g/mol. The Hall–Kier alpha value is -3.21. The molecule has 2 aromatic carbocycles. The molecule has 0 saturated heterocycles. The van der Waals surface area contributed by atoms with Crippen molar-refractivity contribution in [1.82, 2.24) is 15.3 Å². The van der Waals surface area contributed by atoms with Gasteiger partial charge in [0.05, 0.1) is 5.92 Å². The van der Waals surface area contributed by atoms with Gasteiger partial charge in [0.1, 0.15) is 5.82 Å². The molecule has 130 valence electrons. The molecule has 1 amide bonds. The topological polar surface area (TPSA) is 74.8 Å². The second-order valence-corrected chi connectivity index (χ2v) is 6.46. The number of imidazole rings is 1. The zero-order valence-electron chi connectivity index (χ0n) is 14.2. The highest BCUT2D eigenvalue weighted by atomic mass is 16.2. The Kier molecular flexibility index (Phi) is 4.35. The van der Waals surface area contributed by atoms with Crippen molar-refractivity contribution in [1.29, 1.82) is 0 Å². The highest BCUT2D eigenvalue weighted by molar-refractivity contribution is 6.01. The van der Waals surface area contributed by atoms with E-state index in [9.17, 15) is 9.59 Å². The third kappa shape index (κ3) is 3.16. The van der Waals surface area contributed by atoms with E-state index in [0.29, 0.717) is 24.9 Å². The van der Waals surface area contributed by atoms with Gasteiger partial charge in [-0.15, -0.1) is 0 Å². The molecule has 0 unspecified atom stereocenters. The lowest BCUT2D eigenvalue weighted by Crippen LogP contribution is -2.32. The number of hydrogen-bond donors (Lipinski definition) is 2. The van der Waals surface area contributed by atoms with Gasteiger partial charge in [-0.2, -0.15) is 0 Å². The average Bonchev–Trinajstić information content (AvgIpc) is 3.22. The predicted molar refractivity (Wildman–Crippen MR) is 98.6 cm³/mol. The first-order chi connectivity index (χ1) is 12.7. The molecule has 1 atom stereocenters. The van der Waals surface area contributed by atoms with Crippen molar-refractivity contribution >= 4 is 11.7 Å². The molecule has 0 spiro atoms. The Morgan fingerprint density at radius 3 is 2.92 bits per heavy atom. The molecule has 1 heterocycles. The number of carbonyl (C=O) groups excluding carboxylic acids is 2. The van der Waals surface area contributed by atoms with Gasteiger partial charge in [-0.3, -0.25) is 9.59 Å². The lowest BCUT2D eigenvalue weighted by molar-refractivity contribution is -0.122. The van der Waals surface area contributed by atoms with Crippen molar-refractivity contribution in [2.45, 2.75) is 25.3 Å². The van der Waals surface area contributed by atoms with Gasteiger partial charge in [-0.05, 0) is 23.6 Å². The number of hydrogen-bond acceptors (Lipinski definition) is 3. The summed E-state index contributed by atoms with van der Waals surface area (Å²) in [6, 6.07) is 15.3. The summed E-state index contributed by atoms with van der Waals surface area (Å²) in [7, 11) is 0. The van der Waals surface area contributed by atoms with Crippen LogP contribution in [0.2, 0.25) is 0 Å². The van der Waals surface area contributed by atoms with Crippen molar-refractivity contribution < 1.29 is 9.59 Å². The minimum absolute atomic E-state index is 0.0339. The maximum atomic E-state index is 12.7. The van der Waals surface area contributed by atoms with E-state index in [-0.39, 0.29) is 17.6 Å². The first-order valence-electron chi connectivity index (χ1n) is 8.71. The van der Waals surface area contributed by atoms with Crippen molar-refractivity contribution in [3.63, 3.8) is 0 Å². The van der Waals surface area contributed by atoms with E-state index in [1.165, 1.54) is 0 Å². The molecule has 26 heavy (non-hydrogen) atoms. The summed E-state index contributed by atoms with van der Waals surface area (Å²) in [5, 5.41) is 3.02. The summed E-state index contributed by atoms with van der Waals surface area (Å²) < 4.78 is 0. The van der Waals surface area contributed by atoms with Crippen LogP contribution in [0.4, 0.5) is 0 Å². The summed E-state index contributed by atoms with van der Waals surface area (Å²) >= 11 is 0. The van der Waals surface area contributed by atoms with Gasteiger partial charge in [0.2, 0.25) is 5.91 Å². The number of amides is 1. The maximum absolute atomic E-state index is 12.7. The van der Waals surface area contributed by atoms with Crippen LogP contribution in [0.1, 0.15) is 40.2 Å². The number of fused-ring (bicyclic) bond motifs is 1. The molecule has 0 bridgehead atoms. The Labute approximate surface area is 151 Å². The van der Waals surface area contributed by atoms with E-state index < -0.39 is 0 Å². The van der Waals surface area contributed by atoms with E-state index in [2.05, 4.69) is 15.3 Å². The molecule has 1 aliphatic rings. The number of ketones is 1. The van der Waals surface area contributed by atoms with Gasteiger partial charge < -0.3 is 10.3 Å². The summed E-state index contributed by atoms with van der Waals surface area (Å²) in [5.41, 5.74) is 3.51. The first-order valence-corrected chi connectivity index (χ1v) is 8.71. The number of aromatic amines is 1. The van der Waals surface area contributed by atoms with Crippen LogP contribution in [-0.2, 0) is 11.3 Å². The van der Waals surface area contributed by atoms with Gasteiger partial charge in [0.25, 0.3) is 0 Å². The molecule has 0 radical (unpaired) electrons. The largest absolute Gasteiger partial charge is 0.351 e. The number of Topliss-reactive ketones (excluding diaryl/α,β-unsaturated/α-hetero) is 1. The minimum Gasteiger partial charge on any atom is -0.351 e. The minimum atomic E-state index is -0.267. The maximum Gasteiger partial charge on any atom is 0.227 e. The van der Waals surface area contributed by atoms with E-state index >= 15 is 0 Å². The van der Waals surface area contributed by atoms with Crippen molar-refractivity contribution in [2.75, 3.05) is 0 Å². The van der Waals surface area contributed by atoms with Gasteiger partial charge in [-0.1, -0.05) is 42.5 Å². The third-order valence-corrected chi connectivity index (χ3v) is 4.78. The van der Waals surface area contributed by atoms with E-state index in [4.69, 9.17) is 0 Å². The summed E-state index contributed by atoms with van der Waals surface area (Å²) in [6.45, 7) is 0.444. The smallest absolute Gasteiger partial charge is 0.227 e. The lowest BCUT2D eigenvalue weighted by atomic mass is 9.81. The predicted octanol–water partition coefficient (Wildman–Crippen LogP) is 3.45. The number of nitrogens with one attached hydrogen (secondary N) is 2. The van der Waals surface area contributed by atoms with Gasteiger partial charge in [0, 0.05) is 36.5 Å². The van der Waals surface area contributed by atoms with E-state index in [1.807, 2.05) is 48.5 Å². The molecule has 0 aliphatic heterocycles. The molecule has 3 aromatic rings. The normalized spacial score (nSPS) is 16.2. The molecule has 0 fully saturated rings. The Morgan fingerprint density at radius 1 is 1.19 bits per heavy atom. The lowest BCUT2D eigenvalue weighted by Gasteiger charge is -2.23. The molecular weight excluding hydrogens is 326 g/mol. The molecule has 0 saturated carbocycles. The average molecular weight is 345 g/mol. The summed E-state index contributed by atoms with van der Waals surface area (Å²) in [4.78, 5) is 32.1. The third-order valence-electron chi connectivity index (χ3n) is 4.78. The number of H-pyrrole nitrogens is 1. The Bertz CT molecular complexity index is 947. The fourth-order valence-corrected chi connectivity index (χ4v) is 3.46. The number of rotatable bonds is 4. The Morgan fingerprint density at radius 2 is 2.08 bits per heavy atom. The van der Waals surface area contributed by atoms with Crippen LogP contribution in [-0.4, -0.2) is 21.7 Å². The van der Waals surface area contributed by atoms with Crippen molar-refractivity contribution in [2.24, 2.45) is 0 Å². The van der Waals surface area contributed by atoms with Crippen LogP contribution in [0.5, 0.6) is 0 Å². The zero-order valence-corrected chi connectivity index (χ0v) is 14.2. The van der Waals surface area contributed by atoms with Gasteiger partial charge in [0.15, 0.2) is 5.78 Å². The molecule has 5 nitrogen and oxygen atoms in total. The number of nitrogens with zero attached hydrogens (tertiary/aromatic N) is 1. The highest BCUT2D eigenvalue weighted by Gasteiger charge is 2.29. The molecule has 2 N–H and O–H groups in total. The summed E-state index contributed by atoms with van der Waals surface area (Å²) in [6.07, 6.45) is 4.48. The first kappa shape index (κ1) is 16.3. The van der Waals surface area contributed by atoms with Crippen LogP contribution in [0.3, 0.4) is 0 Å². The zero-order chi connectivity index (χ0) is 17.9. The quantitative estimate of drug-likeness (QED) is 0.760. The standard InChI is InChI=1S/C21H19N3O2/c25-19-9-8-18(16-6-1-2-7-17(16)19)21(26)24-13-14-4-3-5-15(12-14)20-22-10-11-23-20/h1-7,10-12,18H,8-9,13H2,(H,22,23)(H,24,26)/t18-/m1/s1. The Balaban J connectivity index is 1.47. The molecular formula is C21H19N3O2. The second kappa shape index (κ2) is 6.96. The molecule has 5 heteroatoms. The van der Waals surface area contributed by atoms with Gasteiger partial charge in [-0.25, -0.2) is 4.98 Å². The second-order valence-electron chi connectivity index (χ2n) is 6.46. The fraction of sp³-hybridized carbons (Fsp3) is 0.190. The molecule has 1 aromatic heterocycles. The number of aromatic nitrogens is 2.